The Morgan fingerprint density at radius 1 is 0.500 bits per heavy atom. The highest BCUT2D eigenvalue weighted by Gasteiger charge is 2.14. The largest absolute Gasteiger partial charge is 0.341 e. The van der Waals surface area contributed by atoms with Gasteiger partial charge in [0.2, 0.25) is 0 Å². The lowest BCUT2D eigenvalue weighted by atomic mass is 10.0. The van der Waals surface area contributed by atoms with E-state index in [9.17, 15) is 0 Å². The minimum atomic E-state index is 0.979. The van der Waals surface area contributed by atoms with Crippen LogP contribution in [0.5, 0.6) is 0 Å². The summed E-state index contributed by atoms with van der Waals surface area (Å²) in [6.45, 7) is 6.42. The van der Waals surface area contributed by atoms with Gasteiger partial charge in [-0.05, 0) is 61.0 Å². The zero-order valence-electron chi connectivity index (χ0n) is 16.2. The lowest BCUT2D eigenvalue weighted by Gasteiger charge is -2.06. The van der Waals surface area contributed by atoms with Crippen molar-refractivity contribution in [2.24, 2.45) is 0 Å². The fraction of sp³-hybridized carbons (Fsp3) is 0.154. The molecule has 6 rings (SSSR count). The van der Waals surface area contributed by atoms with Crippen molar-refractivity contribution in [2.75, 3.05) is 0 Å². The number of benzene rings is 4. The smallest absolute Gasteiger partial charge is 0.0497 e. The van der Waals surface area contributed by atoms with Crippen LogP contribution in [0.2, 0.25) is 0 Å². The van der Waals surface area contributed by atoms with Gasteiger partial charge in [0, 0.05) is 56.7 Å². The molecule has 0 amide bonds. The normalized spacial score (nSPS) is 12.2. The lowest BCUT2D eigenvalue weighted by molar-refractivity contribution is 0.827. The van der Waals surface area contributed by atoms with Crippen molar-refractivity contribution in [2.45, 2.75) is 26.9 Å². The molecule has 0 radical (unpaired) electrons. The standard InChI is InChI=1S/C26H22N2/c1-3-27-23-11-7-5-9-19(23)21-13-17-14-22-20-10-6-8-12-24(20)28(4-2)26(22)16-18(17)15-25(21)27/h5-16H,3-4H2,1-2H3. The number of hydrogen-bond acceptors (Lipinski definition) is 0. The monoisotopic (exact) mass is 362 g/mol. The van der Waals surface area contributed by atoms with E-state index >= 15 is 0 Å². The maximum absolute atomic E-state index is 2.43. The van der Waals surface area contributed by atoms with E-state index in [4.69, 9.17) is 0 Å². The van der Waals surface area contributed by atoms with Crippen molar-refractivity contribution in [1.82, 2.24) is 9.13 Å². The molecule has 2 aromatic heterocycles. The summed E-state index contributed by atoms with van der Waals surface area (Å²) in [7, 11) is 0. The average Bonchev–Trinajstić information content (AvgIpc) is 3.22. The number of fused-ring (bicyclic) bond motifs is 7. The molecule has 0 atom stereocenters. The molecular weight excluding hydrogens is 340 g/mol. The molecule has 0 saturated carbocycles. The first-order valence-electron chi connectivity index (χ1n) is 10.2. The molecule has 6 aromatic rings. The van der Waals surface area contributed by atoms with E-state index in [1.807, 2.05) is 0 Å². The maximum Gasteiger partial charge on any atom is 0.0497 e. The number of para-hydroxylation sites is 2. The average molecular weight is 362 g/mol. The Morgan fingerprint density at radius 3 is 1.39 bits per heavy atom. The zero-order valence-corrected chi connectivity index (χ0v) is 16.2. The summed E-state index contributed by atoms with van der Waals surface area (Å²) in [6, 6.07) is 27.1. The quantitative estimate of drug-likeness (QED) is 0.311. The molecule has 2 heterocycles. The lowest BCUT2D eigenvalue weighted by Crippen LogP contribution is -1.93. The van der Waals surface area contributed by atoms with E-state index < -0.39 is 0 Å². The minimum Gasteiger partial charge on any atom is -0.341 e. The van der Waals surface area contributed by atoms with Crippen LogP contribution in [0, 0.1) is 0 Å². The van der Waals surface area contributed by atoms with E-state index in [2.05, 4.69) is 95.8 Å². The first-order chi connectivity index (χ1) is 13.8. The van der Waals surface area contributed by atoms with Gasteiger partial charge in [0.25, 0.3) is 0 Å². The molecule has 2 heteroatoms. The van der Waals surface area contributed by atoms with Crippen molar-refractivity contribution < 1.29 is 0 Å². The molecule has 136 valence electrons. The van der Waals surface area contributed by atoms with Crippen LogP contribution in [-0.4, -0.2) is 9.13 Å². The maximum atomic E-state index is 2.43. The molecule has 0 aliphatic rings. The predicted molar refractivity (Wildman–Crippen MR) is 121 cm³/mol. The molecule has 0 N–H and O–H groups in total. The molecule has 28 heavy (non-hydrogen) atoms. The molecule has 0 aliphatic heterocycles. The van der Waals surface area contributed by atoms with Crippen molar-refractivity contribution in [1.29, 1.82) is 0 Å². The number of nitrogens with zero attached hydrogens (tertiary/aromatic N) is 2. The summed E-state index contributed by atoms with van der Waals surface area (Å²) in [5.41, 5.74) is 5.30. The van der Waals surface area contributed by atoms with Crippen LogP contribution in [0.4, 0.5) is 0 Å². The van der Waals surface area contributed by atoms with Gasteiger partial charge in [-0.15, -0.1) is 0 Å². The zero-order chi connectivity index (χ0) is 18.8. The van der Waals surface area contributed by atoms with Gasteiger partial charge in [-0.25, -0.2) is 0 Å². The Hall–Kier alpha value is -3.26. The highest BCUT2D eigenvalue weighted by Crippen LogP contribution is 2.36. The van der Waals surface area contributed by atoms with E-state index in [1.54, 1.807) is 0 Å². The van der Waals surface area contributed by atoms with Gasteiger partial charge in [-0.3, -0.25) is 0 Å². The first-order valence-corrected chi connectivity index (χ1v) is 10.2. The fourth-order valence-corrected chi connectivity index (χ4v) is 5.02. The number of rotatable bonds is 2. The van der Waals surface area contributed by atoms with Gasteiger partial charge in [0.1, 0.15) is 0 Å². The third-order valence-corrected chi connectivity index (χ3v) is 6.25. The van der Waals surface area contributed by atoms with Crippen molar-refractivity contribution in [3.8, 4) is 0 Å². The molecule has 2 nitrogen and oxygen atoms in total. The van der Waals surface area contributed by atoms with Crippen molar-refractivity contribution >= 4 is 54.4 Å². The topological polar surface area (TPSA) is 9.86 Å². The summed E-state index contributed by atoms with van der Waals surface area (Å²) < 4.78 is 4.87. The van der Waals surface area contributed by atoms with E-state index in [0.29, 0.717) is 0 Å². The van der Waals surface area contributed by atoms with Crippen LogP contribution < -0.4 is 0 Å². The van der Waals surface area contributed by atoms with Gasteiger partial charge in [-0.1, -0.05) is 36.4 Å². The van der Waals surface area contributed by atoms with Crippen LogP contribution in [0.1, 0.15) is 13.8 Å². The van der Waals surface area contributed by atoms with Crippen molar-refractivity contribution in [3.05, 3.63) is 72.8 Å². The summed E-state index contributed by atoms with van der Waals surface area (Å²) in [5.74, 6) is 0. The molecule has 0 bridgehead atoms. The van der Waals surface area contributed by atoms with Crippen LogP contribution in [0.3, 0.4) is 0 Å². The number of aryl methyl sites for hydroxylation is 2. The molecule has 4 aromatic carbocycles. The Labute approximate surface area is 163 Å². The van der Waals surface area contributed by atoms with E-state index in [0.717, 1.165) is 13.1 Å². The van der Waals surface area contributed by atoms with Gasteiger partial charge < -0.3 is 9.13 Å². The highest BCUT2D eigenvalue weighted by atomic mass is 15.0. The Kier molecular flexibility index (Phi) is 3.16. The van der Waals surface area contributed by atoms with Crippen LogP contribution in [0.25, 0.3) is 54.4 Å². The molecule has 0 fully saturated rings. The molecule has 0 saturated heterocycles. The second-order valence-electron chi connectivity index (χ2n) is 7.61. The summed E-state index contributed by atoms with van der Waals surface area (Å²) in [4.78, 5) is 0. The van der Waals surface area contributed by atoms with E-state index in [-0.39, 0.29) is 0 Å². The third-order valence-electron chi connectivity index (χ3n) is 6.25. The molecular formula is C26H22N2. The molecule has 0 unspecified atom stereocenters. The Bertz CT molecular complexity index is 1420. The second kappa shape index (κ2) is 5.62. The van der Waals surface area contributed by atoms with Crippen LogP contribution in [0.15, 0.2) is 72.8 Å². The van der Waals surface area contributed by atoms with Gasteiger partial charge >= 0.3 is 0 Å². The predicted octanol–water partition coefficient (Wildman–Crippen LogP) is 7.10. The SMILES string of the molecule is CCn1c2ccccc2c2cc3cc4c5ccccc5n(CC)c4cc3cc21. The minimum absolute atomic E-state index is 0.979. The summed E-state index contributed by atoms with van der Waals surface area (Å²) in [5, 5.41) is 8.02. The number of aromatic nitrogens is 2. The first kappa shape index (κ1) is 15.8. The molecule has 0 aliphatic carbocycles. The van der Waals surface area contributed by atoms with Gasteiger partial charge in [0.05, 0.1) is 0 Å². The van der Waals surface area contributed by atoms with Gasteiger partial charge in [0.15, 0.2) is 0 Å². The summed E-state index contributed by atoms with van der Waals surface area (Å²) >= 11 is 0. The summed E-state index contributed by atoms with van der Waals surface area (Å²) in [6.07, 6.45) is 0. The Morgan fingerprint density at radius 2 is 0.929 bits per heavy atom. The van der Waals surface area contributed by atoms with Crippen molar-refractivity contribution in [3.63, 3.8) is 0 Å². The van der Waals surface area contributed by atoms with Gasteiger partial charge in [-0.2, -0.15) is 0 Å². The third kappa shape index (κ3) is 1.92. The van der Waals surface area contributed by atoms with Crippen LogP contribution in [-0.2, 0) is 13.1 Å². The van der Waals surface area contributed by atoms with E-state index in [1.165, 1.54) is 54.4 Å². The van der Waals surface area contributed by atoms with Crippen LogP contribution >= 0.6 is 0 Å². The Balaban J connectivity index is 1.82. The second-order valence-corrected chi connectivity index (χ2v) is 7.61. The highest BCUT2D eigenvalue weighted by molar-refractivity contribution is 6.17. The number of hydrogen-bond donors (Lipinski definition) is 0. The fourth-order valence-electron chi connectivity index (χ4n) is 5.02. The molecule has 0 spiro atoms.